The molecule has 19 heavy (non-hydrogen) atoms. The molecule has 106 valence electrons. The van der Waals surface area contributed by atoms with Gasteiger partial charge in [-0.25, -0.2) is 4.39 Å². The Kier molecular flexibility index (Phi) is 4.74. The summed E-state index contributed by atoms with van der Waals surface area (Å²) in [5.74, 6) is 0.162. The van der Waals surface area contributed by atoms with Crippen LogP contribution in [0.25, 0.3) is 0 Å². The number of hydrogen-bond acceptors (Lipinski definition) is 4. The number of rotatable bonds is 6. The van der Waals surface area contributed by atoms with E-state index in [2.05, 4.69) is 0 Å². The van der Waals surface area contributed by atoms with Crippen molar-refractivity contribution in [1.82, 2.24) is 0 Å². The number of aryl methyl sites for hydroxylation is 1. The molecule has 1 saturated carbocycles. The van der Waals surface area contributed by atoms with Crippen LogP contribution in [0.1, 0.15) is 12.0 Å². The van der Waals surface area contributed by atoms with Crippen molar-refractivity contribution in [1.29, 1.82) is 0 Å². The van der Waals surface area contributed by atoms with Crippen molar-refractivity contribution in [3.05, 3.63) is 29.6 Å². The highest BCUT2D eigenvalue weighted by molar-refractivity contribution is 5.28. The van der Waals surface area contributed by atoms with Gasteiger partial charge >= 0.3 is 0 Å². The predicted molar refractivity (Wildman–Crippen MR) is 67.8 cm³/mol. The third-order valence-corrected chi connectivity index (χ3v) is 3.25. The zero-order valence-corrected chi connectivity index (χ0v) is 11.1. The van der Waals surface area contributed by atoms with Gasteiger partial charge in [0.1, 0.15) is 23.8 Å². The van der Waals surface area contributed by atoms with Crippen LogP contribution in [0.15, 0.2) is 18.2 Å². The third-order valence-electron chi connectivity index (χ3n) is 3.25. The van der Waals surface area contributed by atoms with Gasteiger partial charge in [-0.2, -0.15) is 0 Å². The summed E-state index contributed by atoms with van der Waals surface area (Å²) in [6.45, 7) is 2.57. The fourth-order valence-corrected chi connectivity index (χ4v) is 1.98. The summed E-state index contributed by atoms with van der Waals surface area (Å²) < 4.78 is 29.4. The maximum absolute atomic E-state index is 13.4. The Morgan fingerprint density at radius 1 is 1.37 bits per heavy atom. The molecule has 1 fully saturated rings. The van der Waals surface area contributed by atoms with Crippen molar-refractivity contribution in [3.63, 3.8) is 0 Å². The molecular formula is C14H19FO4. The second kappa shape index (κ2) is 6.32. The number of benzene rings is 1. The van der Waals surface area contributed by atoms with Crippen molar-refractivity contribution >= 4 is 0 Å². The molecule has 1 N–H and O–H groups in total. The van der Waals surface area contributed by atoms with Crippen LogP contribution in [-0.4, -0.2) is 43.7 Å². The SMILES string of the molecule is COCCOC1C(O)CC1Oc1ccc(C)c(F)c1. The molecule has 1 aliphatic carbocycles. The number of ether oxygens (including phenoxy) is 3. The molecule has 1 aromatic carbocycles. The lowest BCUT2D eigenvalue weighted by atomic mass is 9.88. The van der Waals surface area contributed by atoms with Gasteiger partial charge in [-0.15, -0.1) is 0 Å². The highest BCUT2D eigenvalue weighted by Gasteiger charge is 2.42. The lowest BCUT2D eigenvalue weighted by Crippen LogP contribution is -2.55. The van der Waals surface area contributed by atoms with E-state index in [0.717, 1.165) is 0 Å². The van der Waals surface area contributed by atoms with Gasteiger partial charge in [-0.1, -0.05) is 6.07 Å². The Balaban J connectivity index is 1.89. The van der Waals surface area contributed by atoms with Crippen molar-refractivity contribution in [2.45, 2.75) is 31.7 Å². The summed E-state index contributed by atoms with van der Waals surface area (Å²) in [5, 5.41) is 9.63. The van der Waals surface area contributed by atoms with E-state index in [0.29, 0.717) is 30.9 Å². The van der Waals surface area contributed by atoms with Crippen LogP contribution in [0.2, 0.25) is 0 Å². The minimum Gasteiger partial charge on any atom is -0.487 e. The number of aliphatic hydroxyl groups is 1. The van der Waals surface area contributed by atoms with Crippen molar-refractivity contribution in [3.8, 4) is 5.75 Å². The summed E-state index contributed by atoms with van der Waals surface area (Å²) in [6, 6.07) is 4.74. The summed E-state index contributed by atoms with van der Waals surface area (Å²) in [7, 11) is 1.59. The molecular weight excluding hydrogens is 251 g/mol. The predicted octanol–water partition coefficient (Wildman–Crippen LogP) is 1.68. The fourth-order valence-electron chi connectivity index (χ4n) is 1.98. The molecule has 0 saturated heterocycles. The summed E-state index contributed by atoms with van der Waals surface area (Å²) in [4.78, 5) is 0. The molecule has 4 nitrogen and oxygen atoms in total. The summed E-state index contributed by atoms with van der Waals surface area (Å²) >= 11 is 0. The van der Waals surface area contributed by atoms with E-state index in [-0.39, 0.29) is 18.0 Å². The van der Waals surface area contributed by atoms with E-state index in [4.69, 9.17) is 14.2 Å². The van der Waals surface area contributed by atoms with Gasteiger partial charge in [0.25, 0.3) is 0 Å². The molecule has 0 bridgehead atoms. The van der Waals surface area contributed by atoms with Crippen molar-refractivity contribution in [2.75, 3.05) is 20.3 Å². The van der Waals surface area contributed by atoms with Gasteiger partial charge in [0.2, 0.25) is 0 Å². The van der Waals surface area contributed by atoms with E-state index >= 15 is 0 Å². The molecule has 0 amide bonds. The highest BCUT2D eigenvalue weighted by Crippen LogP contribution is 2.29. The first-order valence-corrected chi connectivity index (χ1v) is 6.33. The Hall–Kier alpha value is -1.17. The second-order valence-electron chi connectivity index (χ2n) is 4.70. The molecule has 3 unspecified atom stereocenters. The van der Waals surface area contributed by atoms with Crippen LogP contribution in [0.3, 0.4) is 0 Å². The molecule has 2 rings (SSSR count). The molecule has 3 atom stereocenters. The first-order chi connectivity index (χ1) is 9.11. The summed E-state index contributed by atoms with van der Waals surface area (Å²) in [6.07, 6.45) is -0.654. The molecule has 0 heterocycles. The average molecular weight is 270 g/mol. The van der Waals surface area contributed by atoms with E-state index in [1.165, 1.54) is 6.07 Å². The largest absolute Gasteiger partial charge is 0.487 e. The molecule has 0 radical (unpaired) electrons. The molecule has 1 aromatic rings. The second-order valence-corrected chi connectivity index (χ2v) is 4.70. The normalized spacial score (nSPS) is 26.0. The maximum Gasteiger partial charge on any atom is 0.130 e. The lowest BCUT2D eigenvalue weighted by Gasteiger charge is -2.40. The van der Waals surface area contributed by atoms with Gasteiger partial charge in [0.15, 0.2) is 0 Å². The van der Waals surface area contributed by atoms with Crippen LogP contribution in [0, 0.1) is 12.7 Å². The topological polar surface area (TPSA) is 47.9 Å². The summed E-state index contributed by atoms with van der Waals surface area (Å²) in [5.41, 5.74) is 0.578. The quantitative estimate of drug-likeness (QED) is 0.799. The Labute approximate surface area is 112 Å². The molecule has 5 heteroatoms. The standard InChI is InChI=1S/C14H19FO4/c1-9-3-4-10(7-11(9)15)19-13-8-12(16)14(13)18-6-5-17-2/h3-4,7,12-14,16H,5-6,8H2,1-2H3. The number of methoxy groups -OCH3 is 1. The Bertz CT molecular complexity index is 424. The first kappa shape index (κ1) is 14.2. The van der Waals surface area contributed by atoms with Crippen molar-refractivity contribution < 1.29 is 23.7 Å². The maximum atomic E-state index is 13.4. The third kappa shape index (κ3) is 3.43. The Morgan fingerprint density at radius 3 is 2.79 bits per heavy atom. The lowest BCUT2D eigenvalue weighted by molar-refractivity contribution is -0.167. The molecule has 0 spiro atoms. The monoisotopic (exact) mass is 270 g/mol. The number of aliphatic hydroxyl groups excluding tert-OH is 1. The zero-order valence-electron chi connectivity index (χ0n) is 11.1. The highest BCUT2D eigenvalue weighted by atomic mass is 19.1. The minimum absolute atomic E-state index is 0.242. The number of halogens is 1. The van der Waals surface area contributed by atoms with Gasteiger partial charge in [0.05, 0.1) is 19.3 Å². The van der Waals surface area contributed by atoms with E-state index in [9.17, 15) is 9.50 Å². The average Bonchev–Trinajstić information content (AvgIpc) is 2.38. The molecule has 0 aromatic heterocycles. The minimum atomic E-state index is -0.530. The van der Waals surface area contributed by atoms with Gasteiger partial charge in [-0.05, 0) is 18.6 Å². The fraction of sp³-hybridized carbons (Fsp3) is 0.571. The van der Waals surface area contributed by atoms with E-state index in [1.54, 1.807) is 26.2 Å². The van der Waals surface area contributed by atoms with Crippen LogP contribution >= 0.6 is 0 Å². The Morgan fingerprint density at radius 2 is 2.16 bits per heavy atom. The van der Waals surface area contributed by atoms with Gasteiger partial charge in [-0.3, -0.25) is 0 Å². The molecule has 0 aliphatic heterocycles. The van der Waals surface area contributed by atoms with Gasteiger partial charge < -0.3 is 19.3 Å². The van der Waals surface area contributed by atoms with Crippen LogP contribution in [-0.2, 0) is 9.47 Å². The van der Waals surface area contributed by atoms with E-state index in [1.807, 2.05) is 0 Å². The molecule has 1 aliphatic rings. The van der Waals surface area contributed by atoms with E-state index < -0.39 is 6.10 Å². The van der Waals surface area contributed by atoms with Crippen molar-refractivity contribution in [2.24, 2.45) is 0 Å². The zero-order chi connectivity index (χ0) is 13.8. The van der Waals surface area contributed by atoms with Crippen LogP contribution in [0.5, 0.6) is 5.75 Å². The van der Waals surface area contributed by atoms with Crippen LogP contribution < -0.4 is 4.74 Å². The first-order valence-electron chi connectivity index (χ1n) is 6.33. The number of hydrogen-bond donors (Lipinski definition) is 1. The van der Waals surface area contributed by atoms with Gasteiger partial charge in [0, 0.05) is 19.6 Å². The smallest absolute Gasteiger partial charge is 0.130 e. The van der Waals surface area contributed by atoms with Crippen LogP contribution in [0.4, 0.5) is 4.39 Å².